The van der Waals surface area contributed by atoms with Crippen molar-refractivity contribution in [2.24, 2.45) is 74.6 Å². The highest BCUT2D eigenvalue weighted by Crippen LogP contribution is 2.51. The van der Waals surface area contributed by atoms with Crippen molar-refractivity contribution >= 4 is 50.7 Å². The first-order chi connectivity index (χ1) is 66.8. The molecule has 3 N–H and O–H groups in total. The first-order valence-electron chi connectivity index (χ1n) is 52.4. The molecule has 7 heterocycles. The van der Waals surface area contributed by atoms with E-state index in [1.54, 1.807) is 0 Å². The fourth-order valence-electron chi connectivity index (χ4n) is 20.2. The molecule has 12 heteroatoms. The minimum Gasteiger partial charge on any atom is -0.490 e. The second-order valence-electron chi connectivity index (χ2n) is 51.7. The largest absolute Gasteiger partial charge is 0.490 e. The highest BCUT2D eigenvalue weighted by Gasteiger charge is 2.38. The van der Waals surface area contributed by atoms with E-state index in [-0.39, 0.29) is 60.7 Å². The monoisotopic (exact) mass is 1920 g/mol. The zero-order valence-corrected chi connectivity index (χ0v) is 93.4. The summed E-state index contributed by atoms with van der Waals surface area (Å²) < 4.78 is 33.4. The number of rotatable bonds is 38. The molecule has 0 fully saturated rings. The van der Waals surface area contributed by atoms with Crippen LogP contribution >= 0.6 is 0 Å². The Morgan fingerprint density at radius 1 is 0.329 bits per heavy atom. The van der Waals surface area contributed by atoms with Gasteiger partial charge in [-0.15, -0.1) is 0 Å². The molecule has 5 aliphatic rings. The second-order valence-corrected chi connectivity index (χ2v) is 51.7. The van der Waals surface area contributed by atoms with Gasteiger partial charge in [-0.25, -0.2) is 15.0 Å². The minimum atomic E-state index is -0.184. The van der Waals surface area contributed by atoms with Gasteiger partial charge in [-0.1, -0.05) is 284 Å². The van der Waals surface area contributed by atoms with Crippen molar-refractivity contribution in [1.29, 1.82) is 0 Å². The Morgan fingerprint density at radius 3 is 0.958 bits per heavy atom. The summed E-state index contributed by atoms with van der Waals surface area (Å²) in [6.07, 6.45) is 39.2. The molecule has 2 atom stereocenters. The van der Waals surface area contributed by atoms with E-state index >= 15 is 0 Å². The first kappa shape index (κ1) is 110. The van der Waals surface area contributed by atoms with Crippen molar-refractivity contribution in [2.75, 3.05) is 33.0 Å². The molecule has 760 valence electrons. The number of H-pyrrole nitrogens is 2. The lowest BCUT2D eigenvalue weighted by Gasteiger charge is -2.28. The maximum absolute atomic E-state index is 6.74. The number of aromatic nitrogens is 2. The van der Waals surface area contributed by atoms with Gasteiger partial charge >= 0.3 is 0 Å². The summed E-state index contributed by atoms with van der Waals surface area (Å²) in [5, 5.41) is 3.94. The van der Waals surface area contributed by atoms with Crippen LogP contribution in [0, 0.1) is 54.7 Å². The predicted molar refractivity (Wildman–Crippen MR) is 614 cm³/mol. The quantitative estimate of drug-likeness (QED) is 0.0330. The van der Waals surface area contributed by atoms with Crippen molar-refractivity contribution in [3.63, 3.8) is 0 Å². The van der Waals surface area contributed by atoms with Crippen LogP contribution in [0.5, 0.6) is 28.7 Å². The fourth-order valence-corrected chi connectivity index (χ4v) is 20.2. The molecule has 143 heavy (non-hydrogen) atoms. The van der Waals surface area contributed by atoms with Gasteiger partial charge in [-0.2, -0.15) is 0 Å². The Bertz CT molecular complexity index is 6330. The topological polar surface area (TPSA) is 139 Å². The van der Waals surface area contributed by atoms with E-state index in [9.17, 15) is 0 Å². The molecule has 5 aromatic carbocycles. The smallest absolute Gasteiger partial charge is 0.123 e. The summed E-state index contributed by atoms with van der Waals surface area (Å²) in [4.78, 5) is 32.5. The first-order valence-corrected chi connectivity index (χ1v) is 52.4. The molecule has 0 saturated carbocycles. The molecule has 0 radical (unpaired) electrons. The molecular formula is C131H171N7O5. The molecule has 2 unspecified atom stereocenters. The summed E-state index contributed by atoms with van der Waals surface area (Å²) in [5.74, 6) is 4.56. The van der Waals surface area contributed by atoms with E-state index in [2.05, 4.69) is 415 Å². The predicted octanol–water partition coefficient (Wildman–Crippen LogP) is 33.6. The molecule has 0 aliphatic carbocycles. The average Bonchev–Trinajstić information content (AvgIpc) is 1.65. The number of hydrogen-bond acceptors (Lipinski definition) is 10. The van der Waals surface area contributed by atoms with Crippen molar-refractivity contribution in [3.8, 4) is 40.1 Å². The highest BCUT2D eigenvalue weighted by atomic mass is 16.5. The van der Waals surface area contributed by atoms with E-state index in [4.69, 9.17) is 43.7 Å². The van der Waals surface area contributed by atoms with Gasteiger partial charge in [-0.05, 0) is 355 Å². The molecule has 0 spiro atoms. The Balaban J connectivity index is 1.20. The molecule has 0 bridgehead atoms. The van der Waals surface area contributed by atoms with Gasteiger partial charge in [0.15, 0.2) is 0 Å². The fraction of sp³-hybridized carbons (Fsp3) is 0.450. The van der Waals surface area contributed by atoms with E-state index in [0.717, 1.165) is 251 Å². The Hall–Kier alpha value is -11.8. The molecule has 5 aliphatic heterocycles. The van der Waals surface area contributed by atoms with E-state index in [0.29, 0.717) is 39.0 Å². The van der Waals surface area contributed by atoms with Crippen LogP contribution < -0.4 is 29.0 Å². The summed E-state index contributed by atoms with van der Waals surface area (Å²) in [6.45, 7) is 96.8. The molecule has 12 rings (SSSR count). The number of nitrogens with zero attached hydrogens (tertiary/aromatic N) is 4. The van der Waals surface area contributed by atoms with Crippen molar-refractivity contribution < 1.29 is 23.7 Å². The van der Waals surface area contributed by atoms with Gasteiger partial charge in [0.2, 0.25) is 0 Å². The number of aliphatic imine (C=N–C) groups is 4. The molecule has 2 aromatic heterocycles. The number of benzene rings is 5. The number of ether oxygens (including phenoxy) is 5. The van der Waals surface area contributed by atoms with Crippen LogP contribution in [0.25, 0.3) is 39.3 Å². The Kier molecular flexibility index (Phi) is 34.2. The SMILES string of the molecule is C=CCOc1cc(CC(C)(C)C)c(/C(C2=N/C(=C(\c3ccc(-c4ccc(/C(=C5/C=CC(C(=C6/C=CC(CC)=N6)/c6c(CC(C)(C)C)cc(OCC=C)cc6C(C)C(C)C)=N5)c5c(CC(C)(C)C)cc(OCC=C)cc5CC(C)(C)C)[nH]4)[nH]3)c3c(CC(C)(C)C)cc(OCC=C)cc3CC(C)(C)C)C=C2)=C2\C=CC(C(=C3/C=CC(C)N3)/c3cc(CC(C)(C)C)c(OCC=C)cc3CC(C)(C)C)=N2)c(CC(C)(C)C)c1. The standard InChI is InChI=1S/C131H171N7O5/c1-38-58-139-95-63-87(75-125(17,18)19)114(88(64-95)76-126(20,21)22)119(109-54-55-111(137-109)121(116-91(79-129(29,30)31)67-97(141-60-40-3)68-92(116)80-130(32,33)34)108-53-52-104(136-108)118(103-46-44-83(9)132-103)100-70-86(74-124(14,15)16)113(143-62-42-5)71-85(100)73-123(11,12)13)106-50-48-101(134-106)102-49-51-107(135-102)120(115-89(77-127(23,24)25)65-96(140-59-39-2)66-90(115)78-128(26,27)28)110-56-57-112(138-110)122(105-47-45-94(43-6)133-105)117-93(81-131(35,36)37)69-98(142-61-41-4)72-99(117)84(10)82(7)8/h38-42,44-57,63-72,82-84,132,134-135H,1-5,43,58-62,73-81H2,6-37H3/b118-103-,119-109+,120-110+,121-108+,122-105+. The Labute approximate surface area is 861 Å². The van der Waals surface area contributed by atoms with Crippen LogP contribution in [0.15, 0.2) is 257 Å². The molecule has 7 aromatic rings. The third-order valence-electron chi connectivity index (χ3n) is 25.6. The lowest BCUT2D eigenvalue weighted by atomic mass is 9.77. The van der Waals surface area contributed by atoms with Gasteiger partial charge in [-0.3, -0.25) is 4.99 Å². The lowest BCUT2D eigenvalue weighted by molar-refractivity contribution is 0.344. The highest BCUT2D eigenvalue weighted by molar-refractivity contribution is 6.36. The number of aromatic amines is 2. The van der Waals surface area contributed by atoms with Gasteiger partial charge < -0.3 is 39.0 Å². The summed E-state index contributed by atoms with van der Waals surface area (Å²) in [5.41, 5.74) is 32.5. The normalized spacial score (nSPS) is 17.3. The van der Waals surface area contributed by atoms with Crippen LogP contribution in [0.4, 0.5) is 0 Å². The number of allylic oxidation sites excluding steroid dienone is 12. The van der Waals surface area contributed by atoms with E-state index in [1.165, 1.54) is 27.8 Å². The van der Waals surface area contributed by atoms with E-state index < -0.39 is 0 Å². The maximum atomic E-state index is 6.74. The average molecular weight is 1920 g/mol. The minimum absolute atomic E-state index is 0.0643. The summed E-state index contributed by atoms with van der Waals surface area (Å²) in [6, 6.07) is 32.1. The zero-order valence-electron chi connectivity index (χ0n) is 93.4. The van der Waals surface area contributed by atoms with Crippen LogP contribution in [0.2, 0.25) is 0 Å². The molecular weight excluding hydrogens is 1750 g/mol. The third-order valence-corrected chi connectivity index (χ3v) is 25.6. The van der Waals surface area contributed by atoms with Crippen LogP contribution in [-0.4, -0.2) is 71.9 Å². The van der Waals surface area contributed by atoms with Gasteiger partial charge in [0.05, 0.1) is 51.3 Å². The number of nitrogens with one attached hydrogen (secondary N) is 3. The third kappa shape index (κ3) is 29.3. The maximum Gasteiger partial charge on any atom is 0.123 e. The van der Waals surface area contributed by atoms with Crippen LogP contribution in [0.1, 0.15) is 329 Å². The van der Waals surface area contributed by atoms with Crippen LogP contribution in [-0.2, 0) is 57.8 Å². The van der Waals surface area contributed by atoms with Crippen LogP contribution in [0.3, 0.4) is 0 Å². The van der Waals surface area contributed by atoms with Gasteiger partial charge in [0.1, 0.15) is 61.8 Å². The summed E-state index contributed by atoms with van der Waals surface area (Å²) in [7, 11) is 0. The van der Waals surface area contributed by atoms with Gasteiger partial charge in [0.25, 0.3) is 0 Å². The lowest BCUT2D eigenvalue weighted by Crippen LogP contribution is -2.21. The van der Waals surface area contributed by atoms with Crippen molar-refractivity contribution in [2.45, 2.75) is 298 Å². The molecule has 0 saturated heterocycles. The molecule has 0 amide bonds. The van der Waals surface area contributed by atoms with E-state index in [1.807, 2.05) is 30.4 Å². The Morgan fingerprint density at radius 2 is 0.629 bits per heavy atom. The second kappa shape index (κ2) is 44.4. The van der Waals surface area contributed by atoms with Crippen molar-refractivity contribution in [3.05, 3.63) is 332 Å². The van der Waals surface area contributed by atoms with Crippen molar-refractivity contribution in [1.82, 2.24) is 15.3 Å². The zero-order chi connectivity index (χ0) is 105. The van der Waals surface area contributed by atoms with Gasteiger partial charge in [0, 0.05) is 56.7 Å². The molecule has 12 nitrogen and oxygen atoms in total. The summed E-state index contributed by atoms with van der Waals surface area (Å²) >= 11 is 0. The number of hydrogen-bond donors (Lipinski definition) is 3.